The Morgan fingerprint density at radius 1 is 1.10 bits per heavy atom. The van der Waals surface area contributed by atoms with E-state index in [0.717, 1.165) is 0 Å². The zero-order valence-electron chi connectivity index (χ0n) is 21.8. The lowest BCUT2D eigenvalue weighted by Crippen LogP contribution is -2.72. The average Bonchev–Trinajstić information content (AvgIpc) is 2.82. The van der Waals surface area contributed by atoms with Gasteiger partial charge in [0.05, 0.1) is 11.6 Å². The second-order valence-electron chi connectivity index (χ2n) is 11.2. The third kappa shape index (κ3) is 3.21. The van der Waals surface area contributed by atoms with E-state index in [2.05, 4.69) is 9.97 Å². The van der Waals surface area contributed by atoms with Gasteiger partial charge in [-0.1, -0.05) is 19.9 Å². The van der Waals surface area contributed by atoms with Crippen molar-refractivity contribution in [1.82, 2.24) is 14.9 Å². The Hall–Kier alpha value is -4.29. The molecule has 204 valence electrons. The van der Waals surface area contributed by atoms with Crippen molar-refractivity contribution in [3.63, 3.8) is 0 Å². The van der Waals surface area contributed by atoms with Crippen molar-refractivity contribution in [3.05, 3.63) is 52.6 Å². The van der Waals surface area contributed by atoms with Gasteiger partial charge in [0.1, 0.15) is 22.8 Å². The highest BCUT2D eigenvalue weighted by Gasteiger charge is 2.72. The van der Waals surface area contributed by atoms with Gasteiger partial charge >= 0.3 is 0 Å². The minimum Gasteiger partial charge on any atom is -0.508 e. The molecule has 12 nitrogen and oxygen atoms in total. The number of phenols is 1. The van der Waals surface area contributed by atoms with Crippen molar-refractivity contribution < 1.29 is 34.8 Å². The number of nitrogens with zero attached hydrogens (tertiary/aromatic N) is 3. The molecule has 0 radical (unpaired) electrons. The van der Waals surface area contributed by atoms with Crippen molar-refractivity contribution in [2.75, 3.05) is 19.8 Å². The fourth-order valence-corrected chi connectivity index (χ4v) is 7.07. The van der Waals surface area contributed by atoms with E-state index in [1.165, 1.54) is 30.3 Å². The number of carbonyl (C=O) groups excluding carboxylic acids is 3. The molecule has 12 heteroatoms. The Bertz CT molecular complexity index is 1550. The summed E-state index contributed by atoms with van der Waals surface area (Å²) in [5.74, 6) is -5.17. The second kappa shape index (κ2) is 8.10. The summed E-state index contributed by atoms with van der Waals surface area (Å²) in [5, 5.41) is 45.4. The molecule has 0 unspecified atom stereocenters. The van der Waals surface area contributed by atoms with E-state index in [-0.39, 0.29) is 35.7 Å². The number of likely N-dealkylation sites (N-methyl/N-ethyl adjacent to an activating group) is 1. The van der Waals surface area contributed by atoms with Crippen molar-refractivity contribution >= 4 is 29.2 Å². The number of hydrogen-bond donors (Lipinski definition) is 6. The van der Waals surface area contributed by atoms with Gasteiger partial charge in [-0.05, 0) is 44.1 Å². The first-order chi connectivity index (χ1) is 18.1. The normalized spacial score (nSPS) is 30.3. The molecule has 8 N–H and O–H groups in total. The van der Waals surface area contributed by atoms with E-state index >= 15 is 0 Å². The number of primary amides is 1. The van der Waals surface area contributed by atoms with Crippen LogP contribution in [0.15, 0.2) is 41.4 Å². The number of aromatic hydroxyl groups is 1. The summed E-state index contributed by atoms with van der Waals surface area (Å²) in [6.45, 7) is 3.20. The van der Waals surface area contributed by atoms with E-state index in [4.69, 9.17) is 11.5 Å². The number of ketones is 2. The van der Waals surface area contributed by atoms with Crippen LogP contribution in [-0.2, 0) is 20.8 Å². The Labute approximate surface area is 223 Å². The fraction of sp³-hybridized carbons (Fsp3) is 0.370. The van der Waals surface area contributed by atoms with Crippen LogP contribution >= 0.6 is 0 Å². The molecule has 1 aromatic heterocycles. The first-order valence-electron chi connectivity index (χ1n) is 12.2. The maximum absolute atomic E-state index is 14.2. The smallest absolute Gasteiger partial charge is 0.255 e. The van der Waals surface area contributed by atoms with Gasteiger partial charge in [-0.2, -0.15) is 0 Å². The van der Waals surface area contributed by atoms with Crippen LogP contribution in [0.4, 0.5) is 5.95 Å². The largest absolute Gasteiger partial charge is 0.508 e. The molecule has 3 aliphatic rings. The van der Waals surface area contributed by atoms with Crippen LogP contribution in [0.3, 0.4) is 0 Å². The summed E-state index contributed by atoms with van der Waals surface area (Å²) < 4.78 is 0. The molecule has 1 heterocycles. The van der Waals surface area contributed by atoms with Crippen molar-refractivity contribution in [1.29, 1.82) is 0 Å². The molecule has 0 spiro atoms. The minimum absolute atomic E-state index is 0.0213. The Morgan fingerprint density at radius 3 is 2.28 bits per heavy atom. The molecule has 0 aliphatic heterocycles. The zero-order valence-corrected chi connectivity index (χ0v) is 21.8. The van der Waals surface area contributed by atoms with E-state index in [9.17, 15) is 34.8 Å². The number of benzene rings is 1. The van der Waals surface area contributed by atoms with Crippen LogP contribution in [0.25, 0.3) is 16.9 Å². The molecule has 5 rings (SSSR count). The van der Waals surface area contributed by atoms with Crippen LogP contribution in [0.5, 0.6) is 5.75 Å². The number of carbonyl (C=O) groups is 3. The van der Waals surface area contributed by atoms with Crippen LogP contribution in [0.1, 0.15) is 31.4 Å². The molecular weight excluding hydrogens is 506 g/mol. The van der Waals surface area contributed by atoms with Gasteiger partial charge in [0.15, 0.2) is 11.4 Å². The van der Waals surface area contributed by atoms with Crippen molar-refractivity contribution in [3.8, 4) is 16.9 Å². The first kappa shape index (κ1) is 26.3. The van der Waals surface area contributed by atoms with Crippen LogP contribution in [0, 0.1) is 10.8 Å². The van der Waals surface area contributed by atoms with E-state index in [1.807, 2.05) is 0 Å². The lowest BCUT2D eigenvalue weighted by atomic mass is 9.46. The van der Waals surface area contributed by atoms with Crippen LogP contribution < -0.4 is 11.5 Å². The van der Waals surface area contributed by atoms with Gasteiger partial charge in [0.2, 0.25) is 11.7 Å². The molecule has 3 aliphatic carbocycles. The zero-order chi connectivity index (χ0) is 28.8. The molecule has 39 heavy (non-hydrogen) atoms. The predicted molar refractivity (Wildman–Crippen MR) is 139 cm³/mol. The summed E-state index contributed by atoms with van der Waals surface area (Å²) in [6, 6.07) is 1.76. The number of Topliss-reactive ketones (excluding diaryl/α,β-unsaturated/α-hetero) is 2. The molecular formula is C27H29N5O7. The minimum atomic E-state index is -2.77. The number of aromatic nitrogens is 2. The maximum atomic E-state index is 14.2. The predicted octanol–water partition coefficient (Wildman–Crippen LogP) is 0.783. The molecule has 1 aromatic carbocycles. The van der Waals surface area contributed by atoms with E-state index in [0.29, 0.717) is 16.7 Å². The Morgan fingerprint density at radius 2 is 1.72 bits per heavy atom. The number of phenolic OH excluding ortho intramolecular Hbond substituents is 1. The number of aliphatic hydroxyl groups excluding tert-OH is 2. The number of aliphatic hydroxyl groups is 3. The van der Waals surface area contributed by atoms with Gasteiger partial charge < -0.3 is 31.9 Å². The molecule has 1 amide bonds. The quantitative estimate of drug-likeness (QED) is 0.302. The summed E-state index contributed by atoms with van der Waals surface area (Å²) in [5.41, 5.74) is 5.95. The lowest BCUT2D eigenvalue weighted by molar-refractivity contribution is -0.175. The van der Waals surface area contributed by atoms with Gasteiger partial charge in [-0.3, -0.25) is 19.3 Å². The third-order valence-corrected chi connectivity index (χ3v) is 8.50. The van der Waals surface area contributed by atoms with E-state index in [1.54, 1.807) is 27.1 Å². The highest BCUT2D eigenvalue weighted by molar-refractivity contribution is 6.25. The van der Waals surface area contributed by atoms with Gasteiger partial charge in [0, 0.05) is 34.4 Å². The molecule has 0 saturated heterocycles. The first-order valence-corrected chi connectivity index (χ1v) is 12.2. The van der Waals surface area contributed by atoms with Gasteiger partial charge in [-0.15, -0.1) is 0 Å². The number of fused-ring (bicyclic) bond motifs is 3. The highest BCUT2D eigenvalue weighted by atomic mass is 16.3. The molecule has 1 saturated carbocycles. The Balaban J connectivity index is 1.82. The standard InChI is InChI=1S/C27H29N5O7/c1-25-7-13-12(11-8-30-24(29)31-9-11)5-6-14(33)15(13)18(34)17(25)22(37)27(39)21(36)16(23(28)38)19(35)20(32(3)4)26(27,2)10-25/h5-6,8-9,20,33-34,36,39H,7,10H2,1-4H3,(H2,28,38)(H2,29,30,31)/t20-,25+,26+,27-/m1/s1. The number of anilines is 1. The van der Waals surface area contributed by atoms with Crippen LogP contribution in [-0.4, -0.2) is 78.5 Å². The monoisotopic (exact) mass is 535 g/mol. The summed E-state index contributed by atoms with van der Waals surface area (Å²) in [6.07, 6.45) is 3.03. The highest BCUT2D eigenvalue weighted by Crippen LogP contribution is 2.63. The Kier molecular flexibility index (Phi) is 5.47. The van der Waals surface area contributed by atoms with Crippen LogP contribution in [0.2, 0.25) is 0 Å². The summed E-state index contributed by atoms with van der Waals surface area (Å²) in [4.78, 5) is 49.4. The number of amides is 1. The topological polar surface area (TPSA) is 213 Å². The summed E-state index contributed by atoms with van der Waals surface area (Å²) >= 11 is 0. The van der Waals surface area contributed by atoms with Crippen molar-refractivity contribution in [2.24, 2.45) is 16.6 Å². The maximum Gasteiger partial charge on any atom is 0.255 e. The number of rotatable bonds is 3. The fourth-order valence-electron chi connectivity index (χ4n) is 7.07. The molecule has 1 fully saturated rings. The van der Waals surface area contributed by atoms with Gasteiger partial charge in [0.25, 0.3) is 5.91 Å². The second-order valence-corrected chi connectivity index (χ2v) is 11.2. The van der Waals surface area contributed by atoms with Crippen molar-refractivity contribution in [2.45, 2.75) is 38.3 Å². The molecule has 4 atom stereocenters. The molecule has 2 aromatic rings. The van der Waals surface area contributed by atoms with E-state index < -0.39 is 57.0 Å². The summed E-state index contributed by atoms with van der Waals surface area (Å²) in [7, 11) is 3.11. The van der Waals surface area contributed by atoms with Gasteiger partial charge in [-0.25, -0.2) is 9.97 Å². The SMILES string of the molecule is CN(C)[C@@H]1C(=O)C(C(N)=O)=C(O)[C@@]2(O)C(=O)C3=C(O)c4c(O)ccc(-c5cnc(N)nc5)c4C[C@@]3(C)C[C@@]12C. The number of nitrogens with two attached hydrogens (primary N) is 2. The lowest BCUT2D eigenvalue weighted by Gasteiger charge is -2.59. The third-order valence-electron chi connectivity index (χ3n) is 8.50. The number of hydrogen-bond acceptors (Lipinski definition) is 11. The molecule has 0 bridgehead atoms. The average molecular weight is 536 g/mol. The number of nitrogen functional groups attached to an aromatic ring is 1.